The molecule has 0 radical (unpaired) electrons. The van der Waals surface area contributed by atoms with Gasteiger partial charge in [0.15, 0.2) is 0 Å². The lowest BCUT2D eigenvalue weighted by Gasteiger charge is -2.06. The number of carbonyl (C=O) groups excluding carboxylic acids is 2. The van der Waals surface area contributed by atoms with E-state index in [2.05, 4.69) is 5.32 Å². The molecule has 0 spiro atoms. The van der Waals surface area contributed by atoms with Gasteiger partial charge in [-0.15, -0.1) is 0 Å². The van der Waals surface area contributed by atoms with E-state index in [1.54, 1.807) is 0 Å². The fraction of sp³-hybridized carbons (Fsp3) is 0.182. The number of nitrogens with two attached hydrogens (primary N) is 1. The van der Waals surface area contributed by atoms with Crippen LogP contribution < -0.4 is 16.4 Å². The largest absolute Gasteiger partial charge is 0.480 e. The first kappa shape index (κ1) is 14.4. The number of hydrogen-bond donors (Lipinski definition) is 4. The molecule has 1 aromatic rings. The second kappa shape index (κ2) is 6.34. The molecule has 0 atom stereocenters. The molecule has 0 saturated carbocycles. The van der Waals surface area contributed by atoms with Crippen LogP contribution in [0.3, 0.4) is 0 Å². The van der Waals surface area contributed by atoms with Crippen molar-refractivity contribution in [2.45, 2.75) is 0 Å². The molecular weight excluding hydrogens is 257 g/mol. The van der Waals surface area contributed by atoms with Crippen LogP contribution in [0.5, 0.6) is 0 Å². The van der Waals surface area contributed by atoms with Gasteiger partial charge in [0.05, 0.1) is 12.1 Å². The van der Waals surface area contributed by atoms with E-state index in [-0.39, 0.29) is 11.3 Å². The summed E-state index contributed by atoms with van der Waals surface area (Å²) in [7, 11) is 0. The Balaban J connectivity index is 2.51. The van der Waals surface area contributed by atoms with E-state index in [9.17, 15) is 18.8 Å². The van der Waals surface area contributed by atoms with Gasteiger partial charge in [-0.05, 0) is 18.2 Å². The number of aliphatic carboxylic acids is 1. The molecule has 0 aliphatic carbocycles. The lowest BCUT2D eigenvalue weighted by atomic mass is 10.2. The van der Waals surface area contributed by atoms with E-state index in [1.165, 1.54) is 12.1 Å². The molecule has 0 saturated heterocycles. The quantitative estimate of drug-likeness (QED) is 0.529. The van der Waals surface area contributed by atoms with E-state index < -0.39 is 36.7 Å². The number of carboxylic acids is 1. The molecule has 0 aromatic heterocycles. The summed E-state index contributed by atoms with van der Waals surface area (Å²) < 4.78 is 13.4. The first-order valence-corrected chi connectivity index (χ1v) is 5.22. The molecule has 5 N–H and O–H groups in total. The number of carboxylic acid groups (broad SMARTS) is 1. The van der Waals surface area contributed by atoms with Gasteiger partial charge in [0, 0.05) is 5.69 Å². The smallest absolute Gasteiger partial charge is 0.322 e. The maximum atomic E-state index is 13.4. The highest BCUT2D eigenvalue weighted by atomic mass is 19.1. The average Bonchev–Trinajstić information content (AvgIpc) is 2.33. The van der Waals surface area contributed by atoms with Gasteiger partial charge in [-0.1, -0.05) is 0 Å². The van der Waals surface area contributed by atoms with Crippen molar-refractivity contribution < 1.29 is 23.9 Å². The van der Waals surface area contributed by atoms with Crippen LogP contribution in [0, 0.1) is 5.82 Å². The topological polar surface area (TPSA) is 122 Å². The van der Waals surface area contributed by atoms with E-state index in [0.717, 1.165) is 6.07 Å². The molecule has 0 bridgehead atoms. The van der Waals surface area contributed by atoms with E-state index in [0.29, 0.717) is 0 Å². The van der Waals surface area contributed by atoms with Crippen LogP contribution in [0.4, 0.5) is 10.1 Å². The predicted molar refractivity (Wildman–Crippen MR) is 63.8 cm³/mol. The standard InChI is InChI=1S/C11H12FN3O4/c12-8-3-6(13)1-2-7(8)11(19)15-4-9(16)14-5-10(17)18/h1-3H,4-5,13H2,(H,14,16)(H,15,19)(H,17,18). The molecule has 0 aliphatic rings. The second-order valence-electron chi connectivity index (χ2n) is 3.59. The van der Waals surface area contributed by atoms with Gasteiger partial charge >= 0.3 is 5.97 Å². The summed E-state index contributed by atoms with van der Waals surface area (Å²) in [6.07, 6.45) is 0. The van der Waals surface area contributed by atoms with Crippen LogP contribution in [-0.2, 0) is 9.59 Å². The highest BCUT2D eigenvalue weighted by Gasteiger charge is 2.13. The first-order chi connectivity index (χ1) is 8.90. The highest BCUT2D eigenvalue weighted by Crippen LogP contribution is 2.11. The van der Waals surface area contributed by atoms with Crippen LogP contribution in [0.2, 0.25) is 0 Å². The lowest BCUT2D eigenvalue weighted by molar-refractivity contribution is -0.137. The van der Waals surface area contributed by atoms with Crippen molar-refractivity contribution in [2.75, 3.05) is 18.8 Å². The van der Waals surface area contributed by atoms with Gasteiger partial charge in [-0.3, -0.25) is 14.4 Å². The van der Waals surface area contributed by atoms with Gasteiger partial charge in [0.2, 0.25) is 5.91 Å². The van der Waals surface area contributed by atoms with Crippen molar-refractivity contribution in [1.29, 1.82) is 0 Å². The summed E-state index contributed by atoms with van der Waals surface area (Å²) in [6, 6.07) is 3.52. The number of carbonyl (C=O) groups is 3. The normalized spacial score (nSPS) is 9.74. The molecule has 0 unspecified atom stereocenters. The monoisotopic (exact) mass is 269 g/mol. The molecule has 7 nitrogen and oxygen atoms in total. The van der Waals surface area contributed by atoms with Gasteiger partial charge < -0.3 is 21.5 Å². The zero-order valence-corrected chi connectivity index (χ0v) is 9.77. The summed E-state index contributed by atoms with van der Waals surface area (Å²) in [5.74, 6) is -3.48. The van der Waals surface area contributed by atoms with Gasteiger partial charge in [-0.25, -0.2) is 4.39 Å². The fourth-order valence-corrected chi connectivity index (χ4v) is 1.21. The molecule has 102 valence electrons. The zero-order valence-electron chi connectivity index (χ0n) is 9.77. The molecular formula is C11H12FN3O4. The second-order valence-corrected chi connectivity index (χ2v) is 3.59. The molecule has 8 heteroatoms. The fourth-order valence-electron chi connectivity index (χ4n) is 1.21. The Kier molecular flexibility index (Phi) is 4.81. The van der Waals surface area contributed by atoms with Crippen LogP contribution in [0.25, 0.3) is 0 Å². The van der Waals surface area contributed by atoms with Crippen molar-refractivity contribution in [2.24, 2.45) is 0 Å². The van der Waals surface area contributed by atoms with Gasteiger partial charge in [0.25, 0.3) is 5.91 Å². The minimum absolute atomic E-state index is 0.174. The molecule has 2 amide bonds. The molecule has 1 aromatic carbocycles. The Hall–Kier alpha value is -2.64. The summed E-state index contributed by atoms with van der Waals surface area (Å²) in [5, 5.41) is 12.5. The van der Waals surface area contributed by atoms with Crippen LogP contribution >= 0.6 is 0 Å². The SMILES string of the molecule is Nc1ccc(C(=O)NCC(=O)NCC(=O)O)c(F)c1. The summed E-state index contributed by atoms with van der Waals surface area (Å²) >= 11 is 0. The summed E-state index contributed by atoms with van der Waals surface area (Å²) in [5.41, 5.74) is 5.25. The average molecular weight is 269 g/mol. The third-order valence-corrected chi connectivity index (χ3v) is 2.08. The maximum Gasteiger partial charge on any atom is 0.322 e. The number of nitrogen functional groups attached to an aromatic ring is 1. The lowest BCUT2D eigenvalue weighted by Crippen LogP contribution is -2.39. The summed E-state index contributed by atoms with van der Waals surface area (Å²) in [6.45, 7) is -0.999. The Morgan fingerprint density at radius 2 is 1.89 bits per heavy atom. The Morgan fingerprint density at radius 3 is 2.47 bits per heavy atom. The van der Waals surface area contributed by atoms with E-state index >= 15 is 0 Å². The van der Waals surface area contributed by atoms with Crippen molar-refractivity contribution >= 4 is 23.5 Å². The van der Waals surface area contributed by atoms with Gasteiger partial charge in [0.1, 0.15) is 12.4 Å². The van der Waals surface area contributed by atoms with Crippen LogP contribution in [-0.4, -0.2) is 36.0 Å². The number of amides is 2. The van der Waals surface area contributed by atoms with E-state index in [4.69, 9.17) is 10.8 Å². The van der Waals surface area contributed by atoms with E-state index in [1.807, 2.05) is 5.32 Å². The highest BCUT2D eigenvalue weighted by molar-refractivity contribution is 5.97. The molecule has 0 aliphatic heterocycles. The maximum absolute atomic E-state index is 13.4. The van der Waals surface area contributed by atoms with Crippen LogP contribution in [0.15, 0.2) is 18.2 Å². The number of hydrogen-bond acceptors (Lipinski definition) is 4. The van der Waals surface area contributed by atoms with Crippen molar-refractivity contribution in [3.8, 4) is 0 Å². The van der Waals surface area contributed by atoms with Gasteiger partial charge in [-0.2, -0.15) is 0 Å². The Morgan fingerprint density at radius 1 is 1.21 bits per heavy atom. The number of rotatable bonds is 5. The Bertz CT molecular complexity index is 519. The zero-order chi connectivity index (χ0) is 14.4. The number of nitrogens with one attached hydrogen (secondary N) is 2. The minimum Gasteiger partial charge on any atom is -0.480 e. The molecule has 1 rings (SSSR count). The molecule has 19 heavy (non-hydrogen) atoms. The number of anilines is 1. The minimum atomic E-state index is -1.20. The van der Waals surface area contributed by atoms with Crippen molar-refractivity contribution in [3.05, 3.63) is 29.6 Å². The number of benzene rings is 1. The summed E-state index contributed by atoms with van der Waals surface area (Å²) in [4.78, 5) is 32.8. The van der Waals surface area contributed by atoms with Crippen LogP contribution in [0.1, 0.15) is 10.4 Å². The molecule has 0 heterocycles. The number of halogens is 1. The molecule has 0 fully saturated rings. The first-order valence-electron chi connectivity index (χ1n) is 5.22. The van der Waals surface area contributed by atoms with Crippen molar-refractivity contribution in [1.82, 2.24) is 10.6 Å². The predicted octanol–water partition coefficient (Wildman–Crippen LogP) is -0.661. The third-order valence-electron chi connectivity index (χ3n) is 2.08. The third kappa shape index (κ3) is 4.62. The Labute approximate surface area is 107 Å². The van der Waals surface area contributed by atoms with Crippen molar-refractivity contribution in [3.63, 3.8) is 0 Å².